The molecular formula is C17H36N2O. The van der Waals surface area contributed by atoms with E-state index in [0.717, 1.165) is 25.9 Å². The van der Waals surface area contributed by atoms with Crippen molar-refractivity contribution in [3.8, 4) is 0 Å². The van der Waals surface area contributed by atoms with Crippen LogP contribution in [0.2, 0.25) is 0 Å². The van der Waals surface area contributed by atoms with Gasteiger partial charge in [-0.15, -0.1) is 0 Å². The highest BCUT2D eigenvalue weighted by atomic mass is 16.3. The maximum absolute atomic E-state index is 10.2. The minimum atomic E-state index is -0.127. The Balaban J connectivity index is 2.58. The minimum absolute atomic E-state index is 0.127. The molecule has 0 saturated heterocycles. The van der Waals surface area contributed by atoms with Crippen LogP contribution in [0.5, 0.6) is 0 Å². The first-order chi connectivity index (χ1) is 9.38. The van der Waals surface area contributed by atoms with Crippen molar-refractivity contribution in [3.05, 3.63) is 0 Å². The zero-order valence-electron chi connectivity index (χ0n) is 14.3. The van der Waals surface area contributed by atoms with E-state index in [1.807, 2.05) is 0 Å². The van der Waals surface area contributed by atoms with Gasteiger partial charge in [-0.1, -0.05) is 47.0 Å². The smallest absolute Gasteiger partial charge is 0.0695 e. The van der Waals surface area contributed by atoms with Crippen molar-refractivity contribution in [3.63, 3.8) is 0 Å². The number of hydrogen-bond acceptors (Lipinski definition) is 3. The fraction of sp³-hybridized carbons (Fsp3) is 1.00. The van der Waals surface area contributed by atoms with Crippen LogP contribution in [-0.4, -0.2) is 48.3 Å². The highest BCUT2D eigenvalue weighted by molar-refractivity contribution is 4.87. The fourth-order valence-electron chi connectivity index (χ4n) is 3.60. The molecule has 3 nitrogen and oxygen atoms in total. The third-order valence-electron chi connectivity index (χ3n) is 4.68. The Kier molecular flexibility index (Phi) is 7.49. The summed E-state index contributed by atoms with van der Waals surface area (Å²) in [6, 6.07) is 0.899. The maximum atomic E-state index is 10.2. The van der Waals surface area contributed by atoms with E-state index >= 15 is 0 Å². The summed E-state index contributed by atoms with van der Waals surface area (Å²) >= 11 is 0. The van der Waals surface area contributed by atoms with Gasteiger partial charge in [0.25, 0.3) is 0 Å². The normalized spacial score (nSPS) is 27.0. The van der Waals surface area contributed by atoms with Crippen LogP contribution in [0, 0.1) is 5.41 Å². The summed E-state index contributed by atoms with van der Waals surface area (Å²) in [6.45, 7) is 11.2. The van der Waals surface area contributed by atoms with E-state index in [0.29, 0.717) is 17.5 Å². The van der Waals surface area contributed by atoms with Crippen molar-refractivity contribution >= 4 is 0 Å². The molecule has 0 amide bonds. The van der Waals surface area contributed by atoms with Crippen LogP contribution in [0.4, 0.5) is 0 Å². The second-order valence-corrected chi connectivity index (χ2v) is 7.43. The van der Waals surface area contributed by atoms with Gasteiger partial charge in [0, 0.05) is 25.2 Å². The Hall–Kier alpha value is -0.120. The van der Waals surface area contributed by atoms with Crippen LogP contribution in [0.15, 0.2) is 0 Å². The van der Waals surface area contributed by atoms with E-state index in [4.69, 9.17) is 0 Å². The average Bonchev–Trinajstić information content (AvgIpc) is 2.37. The summed E-state index contributed by atoms with van der Waals surface area (Å²) in [5, 5.41) is 13.8. The Morgan fingerprint density at radius 1 is 1.30 bits per heavy atom. The lowest BCUT2D eigenvalue weighted by atomic mass is 9.83. The van der Waals surface area contributed by atoms with Crippen LogP contribution in [-0.2, 0) is 0 Å². The molecular weight excluding hydrogens is 248 g/mol. The molecule has 3 unspecified atom stereocenters. The third-order valence-corrected chi connectivity index (χ3v) is 4.68. The first-order valence-corrected chi connectivity index (χ1v) is 8.49. The molecule has 1 fully saturated rings. The van der Waals surface area contributed by atoms with Gasteiger partial charge in [-0.3, -0.25) is 0 Å². The molecule has 0 aromatic heterocycles. The molecule has 20 heavy (non-hydrogen) atoms. The number of likely N-dealkylation sites (N-methyl/N-ethyl adjacent to an activating group) is 1. The fourth-order valence-corrected chi connectivity index (χ4v) is 3.60. The largest absolute Gasteiger partial charge is 0.391 e. The molecule has 2 N–H and O–H groups in total. The van der Waals surface area contributed by atoms with Gasteiger partial charge in [0.2, 0.25) is 0 Å². The lowest BCUT2D eigenvalue weighted by Gasteiger charge is -2.41. The molecule has 1 aliphatic rings. The van der Waals surface area contributed by atoms with Gasteiger partial charge >= 0.3 is 0 Å². The molecule has 1 saturated carbocycles. The lowest BCUT2D eigenvalue weighted by molar-refractivity contribution is 0.0129. The van der Waals surface area contributed by atoms with Gasteiger partial charge < -0.3 is 15.3 Å². The molecule has 0 aliphatic heterocycles. The summed E-state index contributed by atoms with van der Waals surface area (Å²) in [7, 11) is 2.20. The maximum Gasteiger partial charge on any atom is 0.0695 e. The molecule has 0 spiro atoms. The molecule has 3 heteroatoms. The van der Waals surface area contributed by atoms with Crippen LogP contribution in [0.3, 0.4) is 0 Å². The van der Waals surface area contributed by atoms with E-state index in [-0.39, 0.29) is 6.10 Å². The van der Waals surface area contributed by atoms with Gasteiger partial charge in [0.1, 0.15) is 0 Å². The standard InChI is InChI=1S/C17H36N2O/c1-6-11-17(4,12-18-14(2)3)13-19(5)15-9-7-8-10-16(15)20/h14-16,18,20H,6-13H2,1-5H3. The first kappa shape index (κ1) is 17.9. The van der Waals surface area contributed by atoms with Crippen molar-refractivity contribution < 1.29 is 5.11 Å². The van der Waals surface area contributed by atoms with E-state index in [2.05, 4.69) is 45.0 Å². The van der Waals surface area contributed by atoms with Crippen LogP contribution in [0.1, 0.15) is 66.2 Å². The van der Waals surface area contributed by atoms with Gasteiger partial charge in [-0.25, -0.2) is 0 Å². The number of aliphatic hydroxyl groups is 1. The van der Waals surface area contributed by atoms with Crippen LogP contribution < -0.4 is 5.32 Å². The Morgan fingerprint density at radius 2 is 1.95 bits per heavy atom. The molecule has 1 aliphatic carbocycles. The number of nitrogens with zero attached hydrogens (tertiary/aromatic N) is 1. The molecule has 0 radical (unpaired) electrons. The monoisotopic (exact) mass is 284 g/mol. The van der Waals surface area contributed by atoms with E-state index in [1.165, 1.54) is 25.7 Å². The summed E-state index contributed by atoms with van der Waals surface area (Å²) < 4.78 is 0. The van der Waals surface area contributed by atoms with Crippen molar-refractivity contribution in [1.82, 2.24) is 10.2 Å². The molecule has 120 valence electrons. The third kappa shape index (κ3) is 5.71. The van der Waals surface area contributed by atoms with Crippen LogP contribution >= 0.6 is 0 Å². The van der Waals surface area contributed by atoms with E-state index in [9.17, 15) is 5.11 Å². The van der Waals surface area contributed by atoms with Crippen molar-refractivity contribution in [2.24, 2.45) is 5.41 Å². The molecule has 3 atom stereocenters. The molecule has 0 heterocycles. The minimum Gasteiger partial charge on any atom is -0.391 e. The van der Waals surface area contributed by atoms with Crippen molar-refractivity contribution in [2.75, 3.05) is 20.1 Å². The van der Waals surface area contributed by atoms with Crippen LogP contribution in [0.25, 0.3) is 0 Å². The Bertz CT molecular complexity index is 270. The number of nitrogens with one attached hydrogen (secondary N) is 1. The Labute approximate surface area is 126 Å². The Morgan fingerprint density at radius 3 is 2.50 bits per heavy atom. The zero-order valence-corrected chi connectivity index (χ0v) is 14.3. The SMILES string of the molecule is CCCC(C)(CNC(C)C)CN(C)C1CCCCC1O. The van der Waals surface area contributed by atoms with Gasteiger partial charge in [0.15, 0.2) is 0 Å². The summed E-state index contributed by atoms with van der Waals surface area (Å²) in [4.78, 5) is 2.42. The van der Waals surface area contributed by atoms with E-state index in [1.54, 1.807) is 0 Å². The zero-order chi connectivity index (χ0) is 15.2. The van der Waals surface area contributed by atoms with Gasteiger partial charge in [-0.2, -0.15) is 0 Å². The van der Waals surface area contributed by atoms with Crippen molar-refractivity contribution in [2.45, 2.75) is 84.4 Å². The summed E-state index contributed by atoms with van der Waals surface area (Å²) in [5.41, 5.74) is 0.297. The second kappa shape index (κ2) is 8.35. The molecule has 0 aromatic rings. The molecule has 0 bridgehead atoms. The highest BCUT2D eigenvalue weighted by Crippen LogP contribution is 2.28. The molecule has 1 rings (SSSR count). The average molecular weight is 284 g/mol. The lowest BCUT2D eigenvalue weighted by Crippen LogP contribution is -2.50. The summed E-state index contributed by atoms with van der Waals surface area (Å²) in [5.74, 6) is 0. The predicted octanol–water partition coefficient (Wildman–Crippen LogP) is 3.03. The van der Waals surface area contributed by atoms with E-state index < -0.39 is 0 Å². The number of rotatable bonds is 8. The van der Waals surface area contributed by atoms with Gasteiger partial charge in [-0.05, 0) is 31.7 Å². The number of hydrogen-bond donors (Lipinski definition) is 2. The second-order valence-electron chi connectivity index (χ2n) is 7.43. The van der Waals surface area contributed by atoms with Crippen molar-refractivity contribution in [1.29, 1.82) is 0 Å². The topological polar surface area (TPSA) is 35.5 Å². The highest BCUT2D eigenvalue weighted by Gasteiger charge is 2.32. The quantitative estimate of drug-likeness (QED) is 0.719. The van der Waals surface area contributed by atoms with Gasteiger partial charge in [0.05, 0.1) is 6.10 Å². The summed E-state index contributed by atoms with van der Waals surface area (Å²) in [6.07, 6.45) is 6.91. The number of aliphatic hydroxyl groups excluding tert-OH is 1. The molecule has 0 aromatic carbocycles. The first-order valence-electron chi connectivity index (χ1n) is 8.49. The predicted molar refractivity (Wildman–Crippen MR) is 87.0 cm³/mol.